The van der Waals surface area contributed by atoms with Crippen molar-refractivity contribution < 1.29 is 8.42 Å². The number of H-pyrrole nitrogens is 1. The highest BCUT2D eigenvalue weighted by Gasteiger charge is 2.19. The molecule has 0 bridgehead atoms. The van der Waals surface area contributed by atoms with Crippen molar-refractivity contribution in [3.05, 3.63) is 6.20 Å². The maximum absolute atomic E-state index is 11.8. The molecule has 4 N–H and O–H groups in total. The normalized spacial score (nSPS) is 17.6. The van der Waals surface area contributed by atoms with Crippen LogP contribution in [0.4, 0.5) is 5.82 Å². The molecule has 1 aromatic rings. The van der Waals surface area contributed by atoms with E-state index in [1.165, 1.54) is 19.0 Å². The van der Waals surface area contributed by atoms with Gasteiger partial charge in [-0.3, -0.25) is 5.10 Å². The van der Waals surface area contributed by atoms with Crippen molar-refractivity contribution >= 4 is 15.8 Å². The zero-order valence-electron chi connectivity index (χ0n) is 9.52. The van der Waals surface area contributed by atoms with Crippen molar-refractivity contribution in [2.45, 2.75) is 17.7 Å². The summed E-state index contributed by atoms with van der Waals surface area (Å²) < 4.78 is 26.2. The van der Waals surface area contributed by atoms with Crippen LogP contribution in [0.25, 0.3) is 0 Å². The summed E-state index contributed by atoms with van der Waals surface area (Å²) in [5, 5.41) is 6.00. The number of likely N-dealkylation sites (tertiary alicyclic amines) is 1. The van der Waals surface area contributed by atoms with Gasteiger partial charge in [-0.25, -0.2) is 13.1 Å². The molecule has 7 nitrogen and oxygen atoms in total. The van der Waals surface area contributed by atoms with Crippen molar-refractivity contribution in [3.8, 4) is 0 Å². The van der Waals surface area contributed by atoms with Gasteiger partial charge in [-0.1, -0.05) is 0 Å². The number of nitrogens with zero attached hydrogens (tertiary/aromatic N) is 2. The number of aromatic amines is 1. The Morgan fingerprint density at radius 1 is 1.47 bits per heavy atom. The Labute approximate surface area is 100 Å². The summed E-state index contributed by atoms with van der Waals surface area (Å²) in [5.74, 6) is 0.0682. The molecule has 1 aliphatic heterocycles. The highest BCUT2D eigenvalue weighted by Crippen LogP contribution is 2.13. The van der Waals surface area contributed by atoms with Gasteiger partial charge >= 0.3 is 0 Å². The molecule has 2 heterocycles. The Balaban J connectivity index is 1.87. The van der Waals surface area contributed by atoms with E-state index in [4.69, 9.17) is 5.73 Å². The van der Waals surface area contributed by atoms with E-state index in [9.17, 15) is 8.42 Å². The minimum absolute atomic E-state index is 0.0129. The Morgan fingerprint density at radius 2 is 2.18 bits per heavy atom. The van der Waals surface area contributed by atoms with Gasteiger partial charge in [0.25, 0.3) is 0 Å². The van der Waals surface area contributed by atoms with Crippen molar-refractivity contribution in [2.75, 3.05) is 31.9 Å². The third-order valence-corrected chi connectivity index (χ3v) is 4.33. The first-order valence-electron chi connectivity index (χ1n) is 5.60. The van der Waals surface area contributed by atoms with Crippen LogP contribution < -0.4 is 10.5 Å². The lowest BCUT2D eigenvalue weighted by atomic mass is 10.4. The van der Waals surface area contributed by atoms with E-state index in [1.807, 2.05) is 0 Å². The molecular formula is C9H17N5O2S. The van der Waals surface area contributed by atoms with Gasteiger partial charge in [0.1, 0.15) is 10.7 Å². The molecule has 0 unspecified atom stereocenters. The maximum atomic E-state index is 11.8. The number of sulfonamides is 1. The maximum Gasteiger partial charge on any atom is 0.245 e. The van der Waals surface area contributed by atoms with Crippen LogP contribution in [-0.2, 0) is 10.0 Å². The van der Waals surface area contributed by atoms with Gasteiger partial charge in [0.05, 0.1) is 6.20 Å². The van der Waals surface area contributed by atoms with Crippen molar-refractivity contribution in [1.29, 1.82) is 0 Å². The third-order valence-electron chi connectivity index (χ3n) is 2.84. The minimum atomic E-state index is -3.53. The van der Waals surface area contributed by atoms with E-state index in [0.29, 0.717) is 6.54 Å². The van der Waals surface area contributed by atoms with Gasteiger partial charge in [-0.05, 0) is 25.9 Å². The van der Waals surface area contributed by atoms with Crippen LogP contribution in [0.2, 0.25) is 0 Å². The molecule has 0 saturated carbocycles. The largest absolute Gasteiger partial charge is 0.383 e. The van der Waals surface area contributed by atoms with E-state index in [0.717, 1.165) is 19.6 Å². The lowest BCUT2D eigenvalue weighted by molar-refractivity contribution is 0.344. The van der Waals surface area contributed by atoms with Crippen molar-refractivity contribution in [3.63, 3.8) is 0 Å². The number of hydrogen-bond acceptors (Lipinski definition) is 5. The Bertz CT molecular complexity index is 463. The summed E-state index contributed by atoms with van der Waals surface area (Å²) in [7, 11) is -3.53. The number of nitrogens with two attached hydrogens (primary N) is 1. The van der Waals surface area contributed by atoms with Crippen molar-refractivity contribution in [1.82, 2.24) is 19.8 Å². The smallest absolute Gasteiger partial charge is 0.245 e. The third kappa shape index (κ3) is 2.96. The highest BCUT2D eigenvalue weighted by atomic mass is 32.2. The molecule has 2 rings (SSSR count). The standard InChI is InChI=1S/C9H17N5O2S/c10-9-8(7-11-13-9)17(15,16)12-3-6-14-4-1-2-5-14/h7,12H,1-6H2,(H3,10,11,13). The quantitative estimate of drug-likeness (QED) is 0.653. The van der Waals surface area contributed by atoms with Crippen LogP contribution in [0, 0.1) is 0 Å². The van der Waals surface area contributed by atoms with Gasteiger partial charge in [-0.15, -0.1) is 0 Å². The molecule has 1 aromatic heterocycles. The summed E-state index contributed by atoms with van der Waals surface area (Å²) >= 11 is 0. The Hall–Kier alpha value is -1.12. The highest BCUT2D eigenvalue weighted by molar-refractivity contribution is 7.89. The van der Waals surface area contributed by atoms with E-state index >= 15 is 0 Å². The Kier molecular flexibility index (Phi) is 3.65. The zero-order chi connectivity index (χ0) is 12.3. The lowest BCUT2D eigenvalue weighted by Crippen LogP contribution is -2.33. The predicted octanol–water partition coefficient (Wildman–Crippen LogP) is -0.634. The molecule has 1 aliphatic rings. The summed E-state index contributed by atoms with van der Waals surface area (Å²) in [6, 6.07) is 0. The fourth-order valence-electron chi connectivity index (χ4n) is 1.92. The molecule has 8 heteroatoms. The number of nitrogen functional groups attached to an aromatic ring is 1. The summed E-state index contributed by atoms with van der Waals surface area (Å²) in [6.07, 6.45) is 3.61. The van der Waals surface area contributed by atoms with E-state index in [2.05, 4.69) is 19.8 Å². The number of anilines is 1. The first-order chi connectivity index (χ1) is 8.09. The van der Waals surface area contributed by atoms with Gasteiger partial charge < -0.3 is 10.6 Å². The fraction of sp³-hybridized carbons (Fsp3) is 0.667. The van der Waals surface area contributed by atoms with Crippen LogP contribution in [-0.4, -0.2) is 49.7 Å². The molecule has 1 saturated heterocycles. The van der Waals surface area contributed by atoms with Gasteiger partial charge in [0.2, 0.25) is 10.0 Å². The monoisotopic (exact) mass is 259 g/mol. The SMILES string of the molecule is Nc1[nH]ncc1S(=O)(=O)NCCN1CCCC1. The predicted molar refractivity (Wildman–Crippen MR) is 63.9 cm³/mol. The number of rotatable bonds is 5. The number of aromatic nitrogens is 2. The number of nitrogens with one attached hydrogen (secondary N) is 2. The van der Waals surface area contributed by atoms with E-state index in [1.54, 1.807) is 0 Å². The van der Waals surface area contributed by atoms with Gasteiger partial charge in [-0.2, -0.15) is 5.10 Å². The summed E-state index contributed by atoms with van der Waals surface area (Å²) in [6.45, 7) is 3.23. The molecule has 96 valence electrons. The number of hydrogen-bond donors (Lipinski definition) is 3. The fourth-order valence-corrected chi connectivity index (χ4v) is 2.96. The topological polar surface area (TPSA) is 104 Å². The van der Waals surface area contributed by atoms with Crippen molar-refractivity contribution in [2.24, 2.45) is 0 Å². The van der Waals surface area contributed by atoms with Gasteiger partial charge in [0, 0.05) is 13.1 Å². The average molecular weight is 259 g/mol. The molecule has 0 aromatic carbocycles. The van der Waals surface area contributed by atoms with Crippen LogP contribution in [0.1, 0.15) is 12.8 Å². The lowest BCUT2D eigenvalue weighted by Gasteiger charge is -2.14. The molecule has 0 radical (unpaired) electrons. The summed E-state index contributed by atoms with van der Waals surface area (Å²) in [4.78, 5) is 2.25. The molecule has 0 spiro atoms. The van der Waals surface area contributed by atoms with E-state index < -0.39 is 10.0 Å². The molecule has 1 fully saturated rings. The zero-order valence-corrected chi connectivity index (χ0v) is 10.3. The van der Waals surface area contributed by atoms with E-state index in [-0.39, 0.29) is 10.7 Å². The van der Waals surface area contributed by atoms with Crippen LogP contribution in [0.5, 0.6) is 0 Å². The van der Waals surface area contributed by atoms with Crippen LogP contribution >= 0.6 is 0 Å². The molecule has 0 amide bonds. The molecule has 17 heavy (non-hydrogen) atoms. The first kappa shape index (κ1) is 12.3. The summed E-state index contributed by atoms with van der Waals surface area (Å²) in [5.41, 5.74) is 5.47. The van der Waals surface area contributed by atoms with Gasteiger partial charge in [0.15, 0.2) is 0 Å². The molecular weight excluding hydrogens is 242 g/mol. The second-order valence-electron chi connectivity index (χ2n) is 4.09. The second kappa shape index (κ2) is 5.03. The van der Waals surface area contributed by atoms with Crippen LogP contribution in [0.3, 0.4) is 0 Å². The average Bonchev–Trinajstić information content (AvgIpc) is 2.88. The first-order valence-corrected chi connectivity index (χ1v) is 7.09. The van der Waals surface area contributed by atoms with Crippen LogP contribution in [0.15, 0.2) is 11.1 Å². The molecule has 0 atom stereocenters. The Morgan fingerprint density at radius 3 is 2.76 bits per heavy atom. The molecule has 0 aliphatic carbocycles. The minimum Gasteiger partial charge on any atom is -0.383 e. The second-order valence-corrected chi connectivity index (χ2v) is 5.83.